The molecule has 80 heavy (non-hydrogen) atoms. The summed E-state index contributed by atoms with van der Waals surface area (Å²) in [5, 5.41) is 27.2. The minimum atomic E-state index is -1.84. The summed E-state index contributed by atoms with van der Waals surface area (Å²) in [7, 11) is 7.47. The molecule has 0 aliphatic heterocycles. The van der Waals surface area contributed by atoms with Crippen molar-refractivity contribution < 1.29 is 48.1 Å². The van der Waals surface area contributed by atoms with Crippen LogP contribution in [-0.2, 0) is 84.0 Å². The van der Waals surface area contributed by atoms with Crippen LogP contribution in [0.3, 0.4) is 0 Å². The first-order chi connectivity index (χ1) is 38.9. The van der Waals surface area contributed by atoms with Crippen LogP contribution in [0.4, 0.5) is 0 Å². The number of nitrogens with zero attached hydrogens (tertiary/aromatic N) is 8. The number of aryl methyl sites for hydroxylation is 4. The molecule has 8 bridgehead atoms. The SMILES string of the molecule is CCOCCOc1c2cccc1Cc1cc(C(O)(c3nccn3C)c3nccn3C)cc(c1OCCOCC)Cc1cccc(c1OCCOCC)Cc1cc(C(O)(c3nccn3C)c3nccn3C)cc(c1OCCOCC)C2. The number of imidazole rings is 4. The van der Waals surface area contributed by atoms with Gasteiger partial charge < -0.3 is 66.4 Å². The fourth-order valence-electron chi connectivity index (χ4n) is 10.8. The molecule has 0 fully saturated rings. The van der Waals surface area contributed by atoms with Gasteiger partial charge in [0.2, 0.25) is 11.2 Å². The van der Waals surface area contributed by atoms with E-state index >= 15 is 0 Å². The van der Waals surface area contributed by atoms with Crippen LogP contribution in [0.15, 0.2) is 110 Å². The number of aromatic nitrogens is 8. The van der Waals surface area contributed by atoms with Gasteiger partial charge >= 0.3 is 0 Å². The molecule has 0 radical (unpaired) electrons. The lowest BCUT2D eigenvalue weighted by Crippen LogP contribution is -2.35. The Labute approximate surface area is 468 Å². The van der Waals surface area contributed by atoms with Crippen LogP contribution in [0.25, 0.3) is 0 Å². The summed E-state index contributed by atoms with van der Waals surface area (Å²) in [6, 6.07) is 20.4. The highest BCUT2D eigenvalue weighted by Gasteiger charge is 2.44. The van der Waals surface area contributed by atoms with Gasteiger partial charge in [-0.3, -0.25) is 0 Å². The van der Waals surface area contributed by atoms with E-state index in [0.717, 1.165) is 44.5 Å². The molecule has 4 heterocycles. The molecule has 1 aliphatic rings. The second-order valence-electron chi connectivity index (χ2n) is 19.8. The second kappa shape index (κ2) is 26.3. The van der Waals surface area contributed by atoms with Crippen LogP contribution < -0.4 is 18.9 Å². The quantitative estimate of drug-likeness (QED) is 0.0507. The van der Waals surface area contributed by atoms with Gasteiger partial charge in [-0.1, -0.05) is 36.4 Å². The zero-order chi connectivity index (χ0) is 56.2. The van der Waals surface area contributed by atoms with Crippen molar-refractivity contribution in [3.05, 3.63) is 189 Å². The maximum absolute atomic E-state index is 13.6. The third-order valence-corrected chi connectivity index (χ3v) is 14.5. The van der Waals surface area contributed by atoms with Crippen LogP contribution in [-0.4, -0.2) is 128 Å². The number of hydrogen-bond donors (Lipinski definition) is 2. The smallest absolute Gasteiger partial charge is 0.206 e. The van der Waals surface area contributed by atoms with E-state index in [1.54, 1.807) is 24.8 Å². The van der Waals surface area contributed by atoms with Gasteiger partial charge in [0, 0.05) is 130 Å². The first-order valence-corrected chi connectivity index (χ1v) is 27.7. The summed E-state index contributed by atoms with van der Waals surface area (Å²) in [6.45, 7) is 12.4. The number of hydrogen-bond acceptors (Lipinski definition) is 14. The van der Waals surface area contributed by atoms with Crippen LogP contribution in [0.5, 0.6) is 23.0 Å². The van der Waals surface area contributed by atoms with E-state index in [9.17, 15) is 10.2 Å². The van der Waals surface area contributed by atoms with Crippen LogP contribution in [0, 0.1) is 0 Å². The van der Waals surface area contributed by atoms with Gasteiger partial charge in [0.05, 0.1) is 26.4 Å². The molecule has 18 heteroatoms. The summed E-state index contributed by atoms with van der Waals surface area (Å²) in [4.78, 5) is 19.1. The summed E-state index contributed by atoms with van der Waals surface area (Å²) in [5.41, 5.74) is 3.96. The Morgan fingerprint density at radius 2 is 0.613 bits per heavy atom. The minimum absolute atomic E-state index is 0.262. The fourth-order valence-corrected chi connectivity index (χ4v) is 10.8. The molecule has 0 spiro atoms. The van der Waals surface area contributed by atoms with E-state index < -0.39 is 11.2 Å². The van der Waals surface area contributed by atoms with E-state index in [1.807, 2.05) is 135 Å². The van der Waals surface area contributed by atoms with Crippen LogP contribution in [0.2, 0.25) is 0 Å². The lowest BCUT2D eigenvalue weighted by molar-refractivity contribution is 0.0983. The highest BCUT2D eigenvalue weighted by Crippen LogP contribution is 2.45. The average Bonchev–Trinajstić information content (AvgIpc) is 4.45. The van der Waals surface area contributed by atoms with Crippen molar-refractivity contribution in [2.45, 2.75) is 64.6 Å². The molecule has 0 amide bonds. The largest absolute Gasteiger partial charge is 0.491 e. The topological polar surface area (TPSA) is 186 Å². The number of ether oxygens (including phenoxy) is 8. The molecule has 4 aromatic carbocycles. The summed E-state index contributed by atoms with van der Waals surface area (Å²) in [5.74, 6) is 4.13. The van der Waals surface area contributed by atoms with E-state index in [4.69, 9.17) is 57.8 Å². The molecule has 8 aromatic rings. The van der Waals surface area contributed by atoms with Crippen LogP contribution in [0.1, 0.15) is 107 Å². The predicted octanol–water partition coefficient (Wildman–Crippen LogP) is 7.53. The van der Waals surface area contributed by atoms with Gasteiger partial charge in [0.15, 0.2) is 23.3 Å². The Morgan fingerprint density at radius 1 is 0.375 bits per heavy atom. The molecule has 0 unspecified atom stereocenters. The number of fused-ring (bicyclic) bond motifs is 8. The van der Waals surface area contributed by atoms with Crippen molar-refractivity contribution in [1.29, 1.82) is 0 Å². The van der Waals surface area contributed by atoms with Gasteiger partial charge in [0.1, 0.15) is 49.4 Å². The van der Waals surface area contributed by atoms with Gasteiger partial charge in [-0.2, -0.15) is 0 Å². The summed E-state index contributed by atoms with van der Waals surface area (Å²) in [6.07, 6.45) is 15.2. The Hall–Kier alpha value is -7.32. The highest BCUT2D eigenvalue weighted by molar-refractivity contribution is 5.60. The van der Waals surface area contributed by atoms with Crippen molar-refractivity contribution in [3.63, 3.8) is 0 Å². The second-order valence-corrected chi connectivity index (χ2v) is 19.8. The Bertz CT molecular complexity index is 2930. The Kier molecular flexibility index (Phi) is 18.9. The van der Waals surface area contributed by atoms with Crippen molar-refractivity contribution in [1.82, 2.24) is 38.2 Å². The number of benzene rings is 4. The molecule has 2 N–H and O–H groups in total. The van der Waals surface area contributed by atoms with Gasteiger partial charge in [-0.25, -0.2) is 19.9 Å². The molecular formula is C62H76N8O10. The van der Waals surface area contributed by atoms with E-state index in [-0.39, 0.29) is 26.4 Å². The van der Waals surface area contributed by atoms with Crippen molar-refractivity contribution >= 4 is 0 Å². The van der Waals surface area contributed by atoms with Crippen LogP contribution >= 0.6 is 0 Å². The van der Waals surface area contributed by atoms with Gasteiger partial charge in [-0.05, 0) is 108 Å². The predicted molar refractivity (Wildman–Crippen MR) is 302 cm³/mol. The van der Waals surface area contributed by atoms with Crippen molar-refractivity contribution in [3.8, 4) is 23.0 Å². The molecule has 4 aromatic heterocycles. The highest BCUT2D eigenvalue weighted by atomic mass is 16.5. The third kappa shape index (κ3) is 12.1. The van der Waals surface area contributed by atoms with Gasteiger partial charge in [0.25, 0.3) is 0 Å². The molecule has 424 valence electrons. The molecule has 18 nitrogen and oxygen atoms in total. The molecule has 0 atom stereocenters. The van der Waals surface area contributed by atoms with E-state index in [1.165, 1.54) is 0 Å². The fraction of sp³-hybridized carbons (Fsp3) is 0.419. The Morgan fingerprint density at radius 3 is 0.825 bits per heavy atom. The van der Waals surface area contributed by atoms with Crippen molar-refractivity contribution in [2.75, 3.05) is 79.3 Å². The molecule has 0 saturated carbocycles. The first-order valence-electron chi connectivity index (χ1n) is 27.7. The maximum atomic E-state index is 13.6. The average molecular weight is 1090 g/mol. The monoisotopic (exact) mass is 1090 g/mol. The molecule has 9 rings (SSSR count). The number of rotatable bonds is 26. The summed E-state index contributed by atoms with van der Waals surface area (Å²) >= 11 is 0. The van der Waals surface area contributed by atoms with Crippen molar-refractivity contribution in [2.24, 2.45) is 28.2 Å². The zero-order valence-corrected chi connectivity index (χ0v) is 47.4. The number of para-hydroxylation sites is 2. The lowest BCUT2D eigenvalue weighted by atomic mass is 9.84. The number of aliphatic hydroxyl groups is 2. The standard InChI is InChI=1S/C62H76N8O10/c1-9-73-27-31-77-53-43-15-13-16-44(53)36-48-40-52(62(72,59-65-21-25-69(59)7)60-66-22-26-70(60)8)42-50(56(48)80-34-30-76-12-4)38-46-18-14-17-45(54(46)78-32-28-74-10-2)37-49-41-51(39-47(35-43)55(49)79-33-29-75-11-3)61(71,57-63-19-23-67(57)5)58-64-20-24-68(58)6/h13-26,39-42,71-72H,9-12,27-38H2,1-8H3. The molecular weight excluding hydrogens is 1020 g/mol. The molecule has 1 aliphatic carbocycles. The minimum Gasteiger partial charge on any atom is -0.491 e. The first kappa shape index (κ1) is 57.4. The maximum Gasteiger partial charge on any atom is 0.206 e. The summed E-state index contributed by atoms with van der Waals surface area (Å²) < 4.78 is 58.6. The Balaban J connectivity index is 1.36. The third-order valence-electron chi connectivity index (χ3n) is 14.5. The zero-order valence-electron chi connectivity index (χ0n) is 47.4. The lowest BCUT2D eigenvalue weighted by Gasteiger charge is -2.30. The van der Waals surface area contributed by atoms with E-state index in [0.29, 0.717) is 136 Å². The normalized spacial score (nSPS) is 12.7. The van der Waals surface area contributed by atoms with E-state index in [2.05, 4.69) is 24.3 Å². The van der Waals surface area contributed by atoms with Gasteiger partial charge in [-0.15, -0.1) is 0 Å². The molecule has 0 saturated heterocycles.